The fourth-order valence-corrected chi connectivity index (χ4v) is 1.67. The van der Waals surface area contributed by atoms with E-state index in [0.29, 0.717) is 25.7 Å². The molecular weight excluding hydrogens is 264 g/mol. The summed E-state index contributed by atoms with van der Waals surface area (Å²) in [4.78, 5) is 14.4. The molecule has 9 heteroatoms. The summed E-state index contributed by atoms with van der Waals surface area (Å²) in [5, 5.41) is 0. The lowest BCUT2D eigenvalue weighted by Crippen LogP contribution is -2.40. The Hall–Kier alpha value is -1.71. The Kier molecular flexibility index (Phi) is 6.91. The van der Waals surface area contributed by atoms with Crippen LogP contribution >= 0.6 is 0 Å². The van der Waals surface area contributed by atoms with E-state index in [1.165, 1.54) is 7.11 Å². The van der Waals surface area contributed by atoms with Gasteiger partial charge >= 0.3 is 6.01 Å². The fourth-order valence-electron chi connectivity index (χ4n) is 1.67. The molecule has 0 aliphatic carbocycles. The van der Waals surface area contributed by atoms with Crippen LogP contribution in [0.1, 0.15) is 6.92 Å². The van der Waals surface area contributed by atoms with Gasteiger partial charge in [-0.1, -0.05) is 0 Å². The van der Waals surface area contributed by atoms with Crippen molar-refractivity contribution in [3.8, 4) is 6.01 Å². The molecule has 0 radical (unpaired) electrons. The summed E-state index contributed by atoms with van der Waals surface area (Å²) < 4.78 is 15.3. The SMILES string of the molecule is COCCN(c1nc(NN)nc(OC)n1)C(C)COC. The van der Waals surface area contributed by atoms with Gasteiger partial charge in [0.2, 0.25) is 11.9 Å². The number of aromatic nitrogens is 3. The van der Waals surface area contributed by atoms with E-state index in [-0.39, 0.29) is 18.0 Å². The molecule has 1 aromatic rings. The molecule has 1 rings (SSSR count). The van der Waals surface area contributed by atoms with Crippen LogP contribution in [-0.2, 0) is 9.47 Å². The van der Waals surface area contributed by atoms with Gasteiger partial charge in [-0.3, -0.25) is 5.43 Å². The summed E-state index contributed by atoms with van der Waals surface area (Å²) in [7, 11) is 4.77. The standard InChI is InChI=1S/C11H22N6O3/c1-8(7-19-3)17(5-6-18-2)10-13-9(16-12)14-11(15-10)20-4/h8H,5-7,12H2,1-4H3,(H,13,14,15,16). The monoisotopic (exact) mass is 286 g/mol. The molecule has 0 amide bonds. The van der Waals surface area contributed by atoms with Gasteiger partial charge in [-0.2, -0.15) is 15.0 Å². The third kappa shape index (κ3) is 4.44. The summed E-state index contributed by atoms with van der Waals surface area (Å²) in [6.07, 6.45) is 0. The number of hydrazine groups is 1. The molecule has 0 fully saturated rings. The number of nitrogens with zero attached hydrogens (tertiary/aromatic N) is 4. The van der Waals surface area contributed by atoms with Crippen LogP contribution in [0.5, 0.6) is 6.01 Å². The van der Waals surface area contributed by atoms with E-state index < -0.39 is 0 Å². The Morgan fingerprint density at radius 2 is 1.95 bits per heavy atom. The zero-order valence-corrected chi connectivity index (χ0v) is 12.3. The average Bonchev–Trinajstić information content (AvgIpc) is 2.47. The molecule has 0 saturated heterocycles. The van der Waals surface area contributed by atoms with Gasteiger partial charge in [-0.15, -0.1) is 0 Å². The number of methoxy groups -OCH3 is 3. The van der Waals surface area contributed by atoms with E-state index >= 15 is 0 Å². The minimum atomic E-state index is 0.0629. The van der Waals surface area contributed by atoms with Crippen molar-refractivity contribution in [3.63, 3.8) is 0 Å². The van der Waals surface area contributed by atoms with Crippen LogP contribution in [0.3, 0.4) is 0 Å². The summed E-state index contributed by atoms with van der Waals surface area (Å²) in [5.74, 6) is 6.04. The molecule has 0 aliphatic rings. The van der Waals surface area contributed by atoms with Gasteiger partial charge in [0, 0.05) is 20.8 Å². The second-order valence-electron chi connectivity index (χ2n) is 4.08. The van der Waals surface area contributed by atoms with Crippen LogP contribution in [0.15, 0.2) is 0 Å². The number of hydrogen-bond donors (Lipinski definition) is 2. The lowest BCUT2D eigenvalue weighted by molar-refractivity contribution is 0.170. The Balaban J connectivity index is 3.04. The fraction of sp³-hybridized carbons (Fsp3) is 0.727. The first kappa shape index (κ1) is 16.3. The minimum Gasteiger partial charge on any atom is -0.467 e. The lowest BCUT2D eigenvalue weighted by atomic mass is 10.3. The first-order chi connectivity index (χ1) is 9.65. The van der Waals surface area contributed by atoms with Crippen molar-refractivity contribution < 1.29 is 14.2 Å². The predicted octanol–water partition coefficient (Wildman–Crippen LogP) is -0.346. The Morgan fingerprint density at radius 3 is 2.50 bits per heavy atom. The molecule has 20 heavy (non-hydrogen) atoms. The molecule has 0 bridgehead atoms. The summed E-state index contributed by atoms with van der Waals surface area (Å²) >= 11 is 0. The van der Waals surface area contributed by atoms with Crippen molar-refractivity contribution in [3.05, 3.63) is 0 Å². The van der Waals surface area contributed by atoms with Gasteiger partial charge < -0.3 is 19.1 Å². The maximum Gasteiger partial charge on any atom is 0.322 e. The van der Waals surface area contributed by atoms with Crippen LogP contribution in [0.25, 0.3) is 0 Å². The van der Waals surface area contributed by atoms with Gasteiger partial charge in [0.15, 0.2) is 0 Å². The quantitative estimate of drug-likeness (QED) is 0.465. The maximum absolute atomic E-state index is 5.35. The third-order valence-electron chi connectivity index (χ3n) is 2.65. The van der Waals surface area contributed by atoms with Crippen molar-refractivity contribution >= 4 is 11.9 Å². The van der Waals surface area contributed by atoms with Crippen molar-refractivity contribution in [1.29, 1.82) is 0 Å². The van der Waals surface area contributed by atoms with Crippen LogP contribution < -0.4 is 20.9 Å². The molecule has 3 N–H and O–H groups in total. The lowest BCUT2D eigenvalue weighted by Gasteiger charge is -2.28. The van der Waals surface area contributed by atoms with Gasteiger partial charge in [-0.05, 0) is 6.92 Å². The van der Waals surface area contributed by atoms with Gasteiger partial charge in [0.05, 0.1) is 26.4 Å². The zero-order chi connectivity index (χ0) is 15.0. The van der Waals surface area contributed by atoms with Crippen LogP contribution in [0.4, 0.5) is 11.9 Å². The molecule has 114 valence electrons. The average molecular weight is 286 g/mol. The molecule has 1 aromatic heterocycles. The smallest absolute Gasteiger partial charge is 0.322 e. The van der Waals surface area contributed by atoms with E-state index in [4.69, 9.17) is 20.1 Å². The van der Waals surface area contributed by atoms with Crippen LogP contribution in [-0.4, -0.2) is 62.1 Å². The van der Waals surface area contributed by atoms with Crippen LogP contribution in [0.2, 0.25) is 0 Å². The summed E-state index contributed by atoms with van der Waals surface area (Å²) in [6, 6.07) is 0.253. The number of nitrogens with one attached hydrogen (secondary N) is 1. The van der Waals surface area contributed by atoms with Crippen molar-refractivity contribution in [1.82, 2.24) is 15.0 Å². The van der Waals surface area contributed by atoms with E-state index in [0.717, 1.165) is 0 Å². The van der Waals surface area contributed by atoms with Crippen molar-refractivity contribution in [2.45, 2.75) is 13.0 Å². The molecule has 1 heterocycles. The second kappa shape index (κ2) is 8.46. The van der Waals surface area contributed by atoms with Crippen molar-refractivity contribution in [2.24, 2.45) is 5.84 Å². The highest BCUT2D eigenvalue weighted by atomic mass is 16.5. The number of rotatable bonds is 9. The van der Waals surface area contributed by atoms with E-state index in [9.17, 15) is 0 Å². The largest absolute Gasteiger partial charge is 0.467 e. The highest BCUT2D eigenvalue weighted by molar-refractivity contribution is 5.38. The predicted molar refractivity (Wildman–Crippen MR) is 74.7 cm³/mol. The Morgan fingerprint density at radius 1 is 1.20 bits per heavy atom. The highest BCUT2D eigenvalue weighted by Crippen LogP contribution is 2.16. The number of hydrogen-bond acceptors (Lipinski definition) is 9. The van der Waals surface area contributed by atoms with Gasteiger partial charge in [0.1, 0.15) is 0 Å². The highest BCUT2D eigenvalue weighted by Gasteiger charge is 2.19. The normalized spacial score (nSPS) is 12.1. The molecule has 0 aliphatic heterocycles. The van der Waals surface area contributed by atoms with Crippen LogP contribution in [0, 0.1) is 0 Å². The number of ether oxygens (including phenoxy) is 3. The summed E-state index contributed by atoms with van der Waals surface area (Å²) in [6.45, 7) is 3.68. The molecular formula is C11H22N6O3. The molecule has 9 nitrogen and oxygen atoms in total. The molecule has 1 unspecified atom stereocenters. The van der Waals surface area contributed by atoms with Gasteiger partial charge in [-0.25, -0.2) is 5.84 Å². The summed E-state index contributed by atoms with van der Waals surface area (Å²) in [5.41, 5.74) is 2.39. The first-order valence-corrected chi connectivity index (χ1v) is 6.17. The van der Waals surface area contributed by atoms with Gasteiger partial charge in [0.25, 0.3) is 0 Å². The third-order valence-corrected chi connectivity index (χ3v) is 2.65. The Labute approximate surface area is 118 Å². The van der Waals surface area contributed by atoms with E-state index in [1.807, 2.05) is 11.8 Å². The molecule has 0 aromatic carbocycles. The number of anilines is 2. The molecule has 0 saturated carbocycles. The maximum atomic E-state index is 5.35. The first-order valence-electron chi connectivity index (χ1n) is 6.17. The van der Waals surface area contributed by atoms with Crippen molar-refractivity contribution in [2.75, 3.05) is 51.4 Å². The Bertz CT molecular complexity index is 383. The molecule has 1 atom stereocenters. The number of nitrogens with two attached hydrogens (primary N) is 1. The zero-order valence-electron chi connectivity index (χ0n) is 12.3. The second-order valence-corrected chi connectivity index (χ2v) is 4.08. The minimum absolute atomic E-state index is 0.0629. The van der Waals surface area contributed by atoms with E-state index in [2.05, 4.69) is 20.4 Å². The number of nitrogen functional groups attached to an aromatic ring is 1. The topological polar surface area (TPSA) is 108 Å². The molecule has 0 spiro atoms. The van der Waals surface area contributed by atoms with E-state index in [1.54, 1.807) is 14.2 Å².